The zero-order valence-electron chi connectivity index (χ0n) is 18.2. The van der Waals surface area contributed by atoms with E-state index in [9.17, 15) is 14.7 Å². The van der Waals surface area contributed by atoms with Crippen LogP contribution in [-0.4, -0.2) is 39.8 Å². The number of ether oxygens (including phenoxy) is 1. The Balaban J connectivity index is 1.89. The number of benzene rings is 1. The molecule has 2 fully saturated rings. The quantitative estimate of drug-likeness (QED) is 0.449. The van der Waals surface area contributed by atoms with Crippen molar-refractivity contribution in [2.24, 2.45) is 0 Å². The number of aryl methyl sites for hydroxylation is 2. The number of amides is 1. The summed E-state index contributed by atoms with van der Waals surface area (Å²) in [7, 11) is 1.60. The molecule has 0 radical (unpaired) electrons. The number of Topliss-reactive ketones (excluding diaryl/α,β-unsaturated/α-hetero) is 1. The summed E-state index contributed by atoms with van der Waals surface area (Å²) in [6.07, 6.45) is 6.56. The van der Waals surface area contributed by atoms with Gasteiger partial charge in [0, 0.05) is 17.8 Å². The van der Waals surface area contributed by atoms with Gasteiger partial charge in [0.2, 0.25) is 0 Å². The van der Waals surface area contributed by atoms with E-state index in [1.807, 2.05) is 32.0 Å². The Morgan fingerprint density at radius 3 is 2.48 bits per heavy atom. The van der Waals surface area contributed by atoms with Gasteiger partial charge in [-0.15, -0.1) is 0 Å². The van der Waals surface area contributed by atoms with Gasteiger partial charge in [0.1, 0.15) is 17.6 Å². The van der Waals surface area contributed by atoms with Gasteiger partial charge in [0.15, 0.2) is 0 Å². The van der Waals surface area contributed by atoms with Crippen LogP contribution in [0.4, 0.5) is 0 Å². The van der Waals surface area contributed by atoms with Crippen LogP contribution >= 0.6 is 0 Å². The molecule has 1 atom stereocenters. The van der Waals surface area contributed by atoms with Gasteiger partial charge in [0.05, 0.1) is 18.4 Å². The van der Waals surface area contributed by atoms with E-state index < -0.39 is 17.7 Å². The number of ketones is 1. The second-order valence-electron chi connectivity index (χ2n) is 8.39. The summed E-state index contributed by atoms with van der Waals surface area (Å²) < 4.78 is 5.37. The topological polar surface area (TPSA) is 79.7 Å². The lowest BCUT2D eigenvalue weighted by Crippen LogP contribution is -2.40. The number of rotatable bonds is 4. The van der Waals surface area contributed by atoms with Crippen LogP contribution in [0.2, 0.25) is 0 Å². The molecule has 6 heteroatoms. The smallest absolute Gasteiger partial charge is 0.295 e. The molecule has 1 unspecified atom stereocenters. The Labute approximate surface area is 182 Å². The van der Waals surface area contributed by atoms with Crippen molar-refractivity contribution in [3.05, 3.63) is 64.5 Å². The van der Waals surface area contributed by atoms with E-state index in [1.54, 1.807) is 30.3 Å². The van der Waals surface area contributed by atoms with E-state index in [4.69, 9.17) is 4.74 Å². The van der Waals surface area contributed by atoms with Gasteiger partial charge in [-0.25, -0.2) is 0 Å². The van der Waals surface area contributed by atoms with Gasteiger partial charge in [-0.3, -0.25) is 14.6 Å². The minimum absolute atomic E-state index is 0.0267. The standard InChI is InChI=1S/C25H28N2O4/c1-15-14-20(31-3)16(2)13-18(15)23(28)21-22(19-11-7-8-12-26-19)27(25(30)24(21)29)17-9-5-4-6-10-17/h7-8,11-14,17,22,28H,4-6,9-10H2,1-3H3/b23-21+. The van der Waals surface area contributed by atoms with E-state index in [2.05, 4.69) is 4.98 Å². The third kappa shape index (κ3) is 3.71. The number of likely N-dealkylation sites (tertiary alicyclic amines) is 1. The average molecular weight is 421 g/mol. The molecule has 162 valence electrons. The van der Waals surface area contributed by atoms with Crippen molar-refractivity contribution in [2.75, 3.05) is 7.11 Å². The van der Waals surface area contributed by atoms with Gasteiger partial charge in [0.25, 0.3) is 11.7 Å². The van der Waals surface area contributed by atoms with Crippen molar-refractivity contribution in [2.45, 2.75) is 58.0 Å². The van der Waals surface area contributed by atoms with Gasteiger partial charge in [-0.2, -0.15) is 0 Å². The molecular formula is C25H28N2O4. The number of carbonyl (C=O) groups excluding carboxylic acids is 2. The Kier molecular flexibility index (Phi) is 5.81. The Morgan fingerprint density at radius 1 is 1.10 bits per heavy atom. The molecular weight excluding hydrogens is 392 g/mol. The largest absolute Gasteiger partial charge is 0.507 e. The van der Waals surface area contributed by atoms with E-state index in [0.29, 0.717) is 17.0 Å². The molecule has 1 N–H and O–H groups in total. The summed E-state index contributed by atoms with van der Waals surface area (Å²) in [5, 5.41) is 11.3. The minimum atomic E-state index is -0.689. The Morgan fingerprint density at radius 2 is 1.84 bits per heavy atom. The maximum atomic E-state index is 13.2. The summed E-state index contributed by atoms with van der Waals surface area (Å²) in [6, 6.07) is 8.36. The van der Waals surface area contributed by atoms with Crippen molar-refractivity contribution in [3.8, 4) is 5.75 Å². The first kappa shape index (κ1) is 21.1. The van der Waals surface area contributed by atoms with Crippen LogP contribution in [0.25, 0.3) is 5.76 Å². The van der Waals surface area contributed by atoms with E-state index in [0.717, 1.165) is 43.2 Å². The predicted octanol–water partition coefficient (Wildman–Crippen LogP) is 4.46. The monoisotopic (exact) mass is 420 g/mol. The number of aliphatic hydroxyl groups is 1. The minimum Gasteiger partial charge on any atom is -0.507 e. The summed E-state index contributed by atoms with van der Waals surface area (Å²) in [5.74, 6) is -0.646. The molecule has 1 saturated heterocycles. The highest BCUT2D eigenvalue weighted by Crippen LogP contribution is 2.43. The summed E-state index contributed by atoms with van der Waals surface area (Å²) >= 11 is 0. The van der Waals surface area contributed by atoms with Crippen LogP contribution in [0.3, 0.4) is 0 Å². The maximum absolute atomic E-state index is 13.2. The molecule has 6 nitrogen and oxygen atoms in total. The van der Waals surface area contributed by atoms with Crippen molar-refractivity contribution in [1.82, 2.24) is 9.88 Å². The molecule has 1 aliphatic carbocycles. The van der Waals surface area contributed by atoms with Gasteiger partial charge in [-0.05, 0) is 62.1 Å². The fourth-order valence-corrected chi connectivity index (χ4v) is 4.82. The molecule has 0 bridgehead atoms. The molecule has 1 aromatic carbocycles. The Hall–Kier alpha value is -3.15. The third-order valence-corrected chi connectivity index (χ3v) is 6.41. The van der Waals surface area contributed by atoms with Crippen LogP contribution in [0.5, 0.6) is 5.75 Å². The fourth-order valence-electron chi connectivity index (χ4n) is 4.82. The molecule has 2 aromatic rings. The van der Waals surface area contributed by atoms with Gasteiger partial charge >= 0.3 is 0 Å². The summed E-state index contributed by atoms with van der Waals surface area (Å²) in [5.41, 5.74) is 2.84. The van der Waals surface area contributed by atoms with Crippen molar-refractivity contribution < 1.29 is 19.4 Å². The first-order valence-electron chi connectivity index (χ1n) is 10.8. The van der Waals surface area contributed by atoms with Crippen LogP contribution in [0.15, 0.2) is 42.1 Å². The molecule has 2 aliphatic rings. The zero-order chi connectivity index (χ0) is 22.1. The molecule has 1 amide bonds. The number of aliphatic hydroxyl groups excluding tert-OH is 1. The van der Waals surface area contributed by atoms with E-state index in [-0.39, 0.29) is 17.4 Å². The van der Waals surface area contributed by atoms with Crippen molar-refractivity contribution in [1.29, 1.82) is 0 Å². The molecule has 0 spiro atoms. The average Bonchev–Trinajstić information content (AvgIpc) is 3.06. The molecule has 1 aromatic heterocycles. The first-order valence-corrected chi connectivity index (χ1v) is 10.8. The highest BCUT2D eigenvalue weighted by molar-refractivity contribution is 6.46. The summed E-state index contributed by atoms with van der Waals surface area (Å²) in [4.78, 5) is 32.5. The van der Waals surface area contributed by atoms with Crippen molar-refractivity contribution in [3.63, 3.8) is 0 Å². The SMILES string of the molecule is COc1cc(C)c(/C(O)=C2\C(=O)C(=O)N(C3CCCCC3)C2c2ccccn2)cc1C. The first-order chi connectivity index (χ1) is 14.9. The molecule has 1 aliphatic heterocycles. The number of pyridine rings is 1. The van der Waals surface area contributed by atoms with Crippen molar-refractivity contribution >= 4 is 17.4 Å². The lowest BCUT2D eigenvalue weighted by Gasteiger charge is -2.35. The van der Waals surface area contributed by atoms with E-state index in [1.165, 1.54) is 0 Å². The molecule has 2 heterocycles. The molecule has 4 rings (SSSR count). The van der Waals surface area contributed by atoms with Crippen LogP contribution in [-0.2, 0) is 9.59 Å². The molecule has 1 saturated carbocycles. The molecule has 31 heavy (non-hydrogen) atoms. The number of methoxy groups -OCH3 is 1. The lowest BCUT2D eigenvalue weighted by molar-refractivity contribution is -0.141. The number of aromatic nitrogens is 1. The highest BCUT2D eigenvalue weighted by atomic mass is 16.5. The Bertz CT molecular complexity index is 1040. The number of nitrogens with zero attached hydrogens (tertiary/aromatic N) is 2. The van der Waals surface area contributed by atoms with Crippen LogP contribution in [0, 0.1) is 13.8 Å². The lowest BCUT2D eigenvalue weighted by atomic mass is 9.91. The zero-order valence-corrected chi connectivity index (χ0v) is 18.2. The number of hydrogen-bond donors (Lipinski definition) is 1. The fraction of sp³-hybridized carbons (Fsp3) is 0.400. The second-order valence-corrected chi connectivity index (χ2v) is 8.39. The van der Waals surface area contributed by atoms with Crippen LogP contribution < -0.4 is 4.74 Å². The third-order valence-electron chi connectivity index (χ3n) is 6.41. The maximum Gasteiger partial charge on any atom is 0.295 e. The number of carbonyl (C=O) groups is 2. The number of hydrogen-bond acceptors (Lipinski definition) is 5. The summed E-state index contributed by atoms with van der Waals surface area (Å²) in [6.45, 7) is 3.73. The predicted molar refractivity (Wildman–Crippen MR) is 118 cm³/mol. The highest BCUT2D eigenvalue weighted by Gasteiger charge is 2.49. The normalized spacial score (nSPS) is 21.5. The van der Waals surface area contributed by atoms with Gasteiger partial charge < -0.3 is 14.7 Å². The van der Waals surface area contributed by atoms with Crippen LogP contribution in [0.1, 0.15) is 60.5 Å². The van der Waals surface area contributed by atoms with Gasteiger partial charge in [-0.1, -0.05) is 25.3 Å². The second kappa shape index (κ2) is 8.53. The van der Waals surface area contributed by atoms with E-state index >= 15 is 0 Å².